The third-order valence-corrected chi connectivity index (χ3v) is 13.4. The molecule has 0 aromatic carbocycles. The number of allylic oxidation sites excluding steroid dienone is 1. The van der Waals surface area contributed by atoms with E-state index in [2.05, 4.69) is 40.7 Å². The van der Waals surface area contributed by atoms with E-state index in [9.17, 15) is 30.3 Å². The molecule has 0 bridgehead atoms. The van der Waals surface area contributed by atoms with Crippen molar-refractivity contribution in [2.45, 2.75) is 111 Å². The number of rotatable bonds is 2. The fourth-order valence-corrected chi connectivity index (χ4v) is 10.8. The SMILES string of the molecule is CC1(C)CC[C@]2(C(=O)O)CC[C@]3(C)C(=CC[C@@H]4[C@@]5(C)C[C@@H](O)[C@H](O)[C@](C)(CO)[C@@H]5CC[C@]43C)[C@H]2[C@@H]1O. The van der Waals surface area contributed by atoms with Crippen LogP contribution in [0, 0.1) is 50.2 Å². The molecule has 5 aliphatic carbocycles. The minimum Gasteiger partial charge on any atom is -0.481 e. The molecule has 204 valence electrons. The van der Waals surface area contributed by atoms with Crippen LogP contribution in [0.25, 0.3) is 0 Å². The summed E-state index contributed by atoms with van der Waals surface area (Å²) in [5.41, 5.74) is -1.50. The number of fused-ring (bicyclic) bond motifs is 7. The molecule has 6 nitrogen and oxygen atoms in total. The molecule has 0 aromatic heterocycles. The number of aliphatic carboxylic acids is 1. The van der Waals surface area contributed by atoms with Crippen LogP contribution in [0.2, 0.25) is 0 Å². The molecule has 0 aromatic rings. The third-order valence-electron chi connectivity index (χ3n) is 13.4. The van der Waals surface area contributed by atoms with E-state index in [0.29, 0.717) is 25.7 Å². The molecule has 4 saturated carbocycles. The van der Waals surface area contributed by atoms with Gasteiger partial charge in [-0.3, -0.25) is 4.79 Å². The Hall–Kier alpha value is -0.950. The Kier molecular flexibility index (Phi) is 5.77. The van der Waals surface area contributed by atoms with E-state index in [0.717, 1.165) is 31.3 Å². The number of carboxylic acids is 1. The quantitative estimate of drug-likeness (QED) is 0.361. The summed E-state index contributed by atoms with van der Waals surface area (Å²) in [5, 5.41) is 54.5. The zero-order valence-electron chi connectivity index (χ0n) is 23.0. The van der Waals surface area contributed by atoms with Gasteiger partial charge in [0.1, 0.15) is 0 Å². The van der Waals surface area contributed by atoms with Crippen molar-refractivity contribution >= 4 is 5.97 Å². The van der Waals surface area contributed by atoms with Crippen LogP contribution in [0.5, 0.6) is 0 Å². The van der Waals surface area contributed by atoms with Gasteiger partial charge in [0.2, 0.25) is 0 Å². The highest BCUT2D eigenvalue weighted by Gasteiger charge is 2.71. The fourth-order valence-electron chi connectivity index (χ4n) is 10.8. The molecule has 5 aliphatic rings. The van der Waals surface area contributed by atoms with Crippen LogP contribution >= 0.6 is 0 Å². The third kappa shape index (κ3) is 2.96. The van der Waals surface area contributed by atoms with Gasteiger partial charge < -0.3 is 25.5 Å². The lowest BCUT2D eigenvalue weighted by atomic mass is 9.33. The number of carbonyl (C=O) groups is 1. The highest BCUT2D eigenvalue weighted by Crippen LogP contribution is 2.75. The summed E-state index contributed by atoms with van der Waals surface area (Å²) in [6.45, 7) is 12.9. The summed E-state index contributed by atoms with van der Waals surface area (Å²) in [4.78, 5) is 12.8. The van der Waals surface area contributed by atoms with Gasteiger partial charge in [-0.15, -0.1) is 0 Å². The second-order valence-corrected chi connectivity index (χ2v) is 15.0. The minimum absolute atomic E-state index is 0.0888. The van der Waals surface area contributed by atoms with Crippen LogP contribution in [0.1, 0.15) is 92.9 Å². The molecule has 0 saturated heterocycles. The summed E-state index contributed by atoms with van der Waals surface area (Å²) in [6.07, 6.45) is 5.48. The highest BCUT2D eigenvalue weighted by molar-refractivity contribution is 5.77. The summed E-state index contributed by atoms with van der Waals surface area (Å²) in [5.74, 6) is -0.833. The maximum Gasteiger partial charge on any atom is 0.310 e. The van der Waals surface area contributed by atoms with Crippen molar-refractivity contribution in [2.24, 2.45) is 50.2 Å². The maximum atomic E-state index is 12.8. The predicted octanol–water partition coefficient (Wildman–Crippen LogP) is 4.15. The molecule has 0 aliphatic heterocycles. The van der Waals surface area contributed by atoms with E-state index in [1.54, 1.807) is 0 Å². The largest absolute Gasteiger partial charge is 0.481 e. The van der Waals surface area contributed by atoms with Crippen LogP contribution in [-0.4, -0.2) is 56.4 Å². The second kappa shape index (κ2) is 7.80. The molecule has 11 atom stereocenters. The van der Waals surface area contributed by atoms with Crippen molar-refractivity contribution in [3.05, 3.63) is 11.6 Å². The Morgan fingerprint density at radius 1 is 0.917 bits per heavy atom. The summed E-state index contributed by atoms with van der Waals surface area (Å²) < 4.78 is 0. The van der Waals surface area contributed by atoms with Gasteiger partial charge in [0.05, 0.1) is 30.3 Å². The van der Waals surface area contributed by atoms with Gasteiger partial charge in [-0.2, -0.15) is 0 Å². The predicted molar refractivity (Wildman–Crippen MR) is 137 cm³/mol. The Labute approximate surface area is 216 Å². The first-order chi connectivity index (χ1) is 16.5. The first kappa shape index (κ1) is 26.6. The Morgan fingerprint density at radius 3 is 2.17 bits per heavy atom. The van der Waals surface area contributed by atoms with Crippen LogP contribution in [-0.2, 0) is 4.79 Å². The highest BCUT2D eigenvalue weighted by atomic mass is 16.4. The first-order valence-corrected chi connectivity index (χ1v) is 14.1. The number of hydrogen-bond acceptors (Lipinski definition) is 5. The minimum atomic E-state index is -0.944. The average molecular weight is 505 g/mol. The van der Waals surface area contributed by atoms with Crippen LogP contribution < -0.4 is 0 Å². The van der Waals surface area contributed by atoms with E-state index in [-0.39, 0.29) is 46.0 Å². The average Bonchev–Trinajstić information content (AvgIpc) is 2.80. The summed E-state index contributed by atoms with van der Waals surface area (Å²) in [7, 11) is 0. The molecule has 0 amide bonds. The van der Waals surface area contributed by atoms with Gasteiger partial charge in [-0.05, 0) is 84.9 Å². The standard InChI is InChI=1S/C30H48O6/c1-25(2)11-13-30(24(35)36)14-12-28(5)17(21(30)23(25)34)7-8-20-26(3)15-18(32)22(33)27(4,16-31)19(26)9-10-29(20,28)6/h7,18-23,31-34H,8-16H2,1-6H3,(H,35,36)/t18-,19-,20-,21+,22+,23+,26+,27-,28-,29-,30+/m1/s1. The van der Waals surface area contributed by atoms with Gasteiger partial charge in [0.25, 0.3) is 0 Å². The second-order valence-electron chi connectivity index (χ2n) is 15.0. The van der Waals surface area contributed by atoms with Crippen LogP contribution in [0.15, 0.2) is 11.6 Å². The van der Waals surface area contributed by atoms with Crippen LogP contribution in [0.4, 0.5) is 0 Å². The lowest BCUT2D eigenvalue weighted by molar-refractivity contribution is -0.245. The van der Waals surface area contributed by atoms with E-state index in [4.69, 9.17) is 0 Å². The first-order valence-electron chi connectivity index (χ1n) is 14.1. The Morgan fingerprint density at radius 2 is 1.56 bits per heavy atom. The van der Waals surface area contributed by atoms with Gasteiger partial charge in [-0.25, -0.2) is 0 Å². The van der Waals surface area contributed by atoms with Gasteiger partial charge in [0.15, 0.2) is 0 Å². The molecule has 4 fully saturated rings. The molecule has 5 rings (SSSR count). The number of carboxylic acid groups (broad SMARTS) is 1. The van der Waals surface area contributed by atoms with Gasteiger partial charge in [0, 0.05) is 11.3 Å². The smallest absolute Gasteiger partial charge is 0.310 e. The van der Waals surface area contributed by atoms with Gasteiger partial charge >= 0.3 is 5.97 Å². The van der Waals surface area contributed by atoms with Crippen LogP contribution in [0.3, 0.4) is 0 Å². The topological polar surface area (TPSA) is 118 Å². The number of aliphatic hydroxyl groups is 4. The van der Waals surface area contributed by atoms with Crippen molar-refractivity contribution < 1.29 is 30.3 Å². The Bertz CT molecular complexity index is 974. The summed E-state index contributed by atoms with van der Waals surface area (Å²) in [6, 6.07) is 0. The molecule has 0 heterocycles. The zero-order chi connectivity index (χ0) is 26.7. The normalized spacial score (nSPS) is 55.9. The fraction of sp³-hybridized carbons (Fsp3) is 0.900. The van der Waals surface area contributed by atoms with Gasteiger partial charge in [-0.1, -0.05) is 53.2 Å². The molecule has 6 heteroatoms. The molecule has 0 unspecified atom stereocenters. The number of hydrogen-bond donors (Lipinski definition) is 5. The number of aliphatic hydroxyl groups excluding tert-OH is 4. The lowest BCUT2D eigenvalue weighted by Crippen LogP contribution is -2.69. The van der Waals surface area contributed by atoms with Crippen molar-refractivity contribution in [1.82, 2.24) is 0 Å². The molecule has 0 radical (unpaired) electrons. The van der Waals surface area contributed by atoms with Crippen molar-refractivity contribution in [1.29, 1.82) is 0 Å². The van der Waals surface area contributed by atoms with E-state index in [1.165, 1.54) is 0 Å². The summed E-state index contributed by atoms with van der Waals surface area (Å²) >= 11 is 0. The van der Waals surface area contributed by atoms with E-state index >= 15 is 0 Å². The molecular formula is C30H48O6. The molecule has 36 heavy (non-hydrogen) atoms. The van der Waals surface area contributed by atoms with E-state index < -0.39 is 35.1 Å². The van der Waals surface area contributed by atoms with E-state index in [1.807, 2.05) is 6.92 Å². The molecule has 5 N–H and O–H groups in total. The molecular weight excluding hydrogens is 456 g/mol. The van der Waals surface area contributed by atoms with Crippen molar-refractivity contribution in [3.8, 4) is 0 Å². The Balaban J connectivity index is 1.63. The monoisotopic (exact) mass is 504 g/mol. The van der Waals surface area contributed by atoms with Crippen molar-refractivity contribution in [2.75, 3.05) is 6.61 Å². The zero-order valence-corrected chi connectivity index (χ0v) is 23.0. The molecule has 0 spiro atoms. The van der Waals surface area contributed by atoms with Crippen molar-refractivity contribution in [3.63, 3.8) is 0 Å². The maximum absolute atomic E-state index is 12.8. The lowest BCUT2D eigenvalue weighted by Gasteiger charge is -2.71.